The van der Waals surface area contributed by atoms with Gasteiger partial charge in [0, 0.05) is 6.04 Å². The second-order valence-corrected chi connectivity index (χ2v) is 6.41. The lowest BCUT2D eigenvalue weighted by atomic mass is 9.54. The van der Waals surface area contributed by atoms with E-state index >= 15 is 0 Å². The summed E-state index contributed by atoms with van der Waals surface area (Å²) in [5.41, 5.74) is 0.368. The molecule has 1 aromatic heterocycles. The second kappa shape index (κ2) is 3.59. The third-order valence-corrected chi connectivity index (χ3v) is 5.38. The van der Waals surface area contributed by atoms with Crippen LogP contribution in [0.15, 0.2) is 12.5 Å². The Morgan fingerprint density at radius 2 is 1.78 bits per heavy atom. The fourth-order valence-corrected chi connectivity index (χ4v) is 5.06. The zero-order valence-electron chi connectivity index (χ0n) is 10.3. The SMILES string of the molecule is O=C(O)c1cncn1C1C2CC3CC(C2)CC1C3. The van der Waals surface area contributed by atoms with Gasteiger partial charge in [0.15, 0.2) is 0 Å². The first-order valence-corrected chi connectivity index (χ1v) is 6.97. The van der Waals surface area contributed by atoms with Gasteiger partial charge >= 0.3 is 5.97 Å². The highest BCUT2D eigenvalue weighted by molar-refractivity contribution is 5.85. The van der Waals surface area contributed by atoms with E-state index in [1.165, 1.54) is 38.3 Å². The molecule has 4 bridgehead atoms. The molecule has 5 rings (SSSR count). The second-order valence-electron chi connectivity index (χ2n) is 6.41. The molecule has 18 heavy (non-hydrogen) atoms. The molecule has 4 aliphatic rings. The van der Waals surface area contributed by atoms with Crippen LogP contribution in [0.5, 0.6) is 0 Å². The summed E-state index contributed by atoms with van der Waals surface area (Å²) in [6.07, 6.45) is 9.85. The maximum atomic E-state index is 11.3. The third kappa shape index (κ3) is 1.38. The monoisotopic (exact) mass is 246 g/mol. The number of hydrogen-bond acceptors (Lipinski definition) is 2. The average molecular weight is 246 g/mol. The summed E-state index contributed by atoms with van der Waals surface area (Å²) >= 11 is 0. The van der Waals surface area contributed by atoms with Gasteiger partial charge in [-0.3, -0.25) is 0 Å². The molecule has 4 fully saturated rings. The average Bonchev–Trinajstić information content (AvgIpc) is 2.76. The van der Waals surface area contributed by atoms with Crippen LogP contribution in [0.25, 0.3) is 0 Å². The molecule has 4 heteroatoms. The van der Waals surface area contributed by atoms with Gasteiger partial charge < -0.3 is 9.67 Å². The van der Waals surface area contributed by atoms with E-state index in [1.54, 1.807) is 6.33 Å². The van der Waals surface area contributed by atoms with Crippen molar-refractivity contribution in [2.45, 2.75) is 38.1 Å². The molecule has 96 valence electrons. The summed E-state index contributed by atoms with van der Waals surface area (Å²) in [5, 5.41) is 9.25. The minimum atomic E-state index is -0.846. The first-order valence-electron chi connectivity index (χ1n) is 6.97. The van der Waals surface area contributed by atoms with E-state index in [9.17, 15) is 9.90 Å². The summed E-state index contributed by atoms with van der Waals surface area (Å²) in [6, 6.07) is 0.395. The van der Waals surface area contributed by atoms with Crippen LogP contribution < -0.4 is 0 Å². The molecule has 0 aromatic carbocycles. The van der Waals surface area contributed by atoms with Crippen LogP contribution in [0.2, 0.25) is 0 Å². The van der Waals surface area contributed by atoms with Crippen molar-refractivity contribution in [3.05, 3.63) is 18.2 Å². The number of aromatic carboxylic acids is 1. The van der Waals surface area contributed by atoms with Crippen molar-refractivity contribution < 1.29 is 9.90 Å². The number of carbonyl (C=O) groups is 1. The first kappa shape index (κ1) is 10.6. The van der Waals surface area contributed by atoms with Crippen molar-refractivity contribution in [2.24, 2.45) is 23.7 Å². The molecule has 0 radical (unpaired) electrons. The Labute approximate surface area is 106 Å². The molecule has 0 unspecified atom stereocenters. The number of carboxylic acids is 1. The Morgan fingerprint density at radius 1 is 1.17 bits per heavy atom. The molecule has 1 N–H and O–H groups in total. The Morgan fingerprint density at radius 3 is 2.33 bits per heavy atom. The van der Waals surface area contributed by atoms with Gasteiger partial charge in [0.05, 0.1) is 12.5 Å². The first-order chi connectivity index (χ1) is 8.72. The molecule has 0 saturated heterocycles. The fraction of sp³-hybridized carbons (Fsp3) is 0.714. The summed E-state index contributed by atoms with van der Waals surface area (Å²) in [6.45, 7) is 0. The van der Waals surface area contributed by atoms with Crippen molar-refractivity contribution in [1.82, 2.24) is 9.55 Å². The molecule has 0 aliphatic heterocycles. The number of hydrogen-bond donors (Lipinski definition) is 1. The van der Waals surface area contributed by atoms with Crippen molar-refractivity contribution >= 4 is 5.97 Å². The molecule has 1 aromatic rings. The van der Waals surface area contributed by atoms with Gasteiger partial charge in [0.25, 0.3) is 0 Å². The Hall–Kier alpha value is -1.32. The van der Waals surface area contributed by atoms with Gasteiger partial charge in [-0.15, -0.1) is 0 Å². The highest BCUT2D eigenvalue weighted by Gasteiger charge is 2.49. The molecule has 0 atom stereocenters. The highest BCUT2D eigenvalue weighted by Crippen LogP contribution is 2.58. The Kier molecular flexibility index (Phi) is 2.11. The topological polar surface area (TPSA) is 55.1 Å². The standard InChI is InChI=1S/C14H18N2O2/c17-14(18)12-6-15-7-16(12)13-10-2-8-1-9(4-10)5-11(13)3-8/h6-11,13H,1-5H2,(H,17,18). The van der Waals surface area contributed by atoms with E-state index in [0.29, 0.717) is 23.6 Å². The van der Waals surface area contributed by atoms with Crippen LogP contribution >= 0.6 is 0 Å². The van der Waals surface area contributed by atoms with Gasteiger partial charge in [0.2, 0.25) is 0 Å². The van der Waals surface area contributed by atoms with Gasteiger partial charge in [-0.2, -0.15) is 0 Å². The predicted octanol–water partition coefficient (Wildman–Crippen LogP) is 2.58. The van der Waals surface area contributed by atoms with Crippen LogP contribution in [0, 0.1) is 23.7 Å². The molecular weight excluding hydrogens is 228 g/mol. The van der Waals surface area contributed by atoms with E-state index < -0.39 is 5.97 Å². The normalized spacial score (nSPS) is 41.2. The molecule has 1 heterocycles. The number of rotatable bonds is 2. The number of carboxylic acid groups (broad SMARTS) is 1. The van der Waals surface area contributed by atoms with Crippen LogP contribution in [0.4, 0.5) is 0 Å². The van der Waals surface area contributed by atoms with Crippen LogP contribution in [0.1, 0.15) is 48.6 Å². The fourth-order valence-electron chi connectivity index (χ4n) is 5.06. The lowest BCUT2D eigenvalue weighted by Crippen LogP contribution is -2.46. The minimum Gasteiger partial charge on any atom is -0.477 e. The smallest absolute Gasteiger partial charge is 0.354 e. The molecular formula is C14H18N2O2. The van der Waals surface area contributed by atoms with Crippen LogP contribution in [0.3, 0.4) is 0 Å². The maximum Gasteiger partial charge on any atom is 0.354 e. The molecule has 4 aliphatic carbocycles. The highest BCUT2D eigenvalue weighted by atomic mass is 16.4. The summed E-state index contributed by atoms with van der Waals surface area (Å²) < 4.78 is 1.95. The third-order valence-electron chi connectivity index (χ3n) is 5.38. The molecule has 0 spiro atoms. The number of imidazole rings is 1. The van der Waals surface area contributed by atoms with E-state index in [2.05, 4.69) is 4.98 Å². The quantitative estimate of drug-likeness (QED) is 0.872. The van der Waals surface area contributed by atoms with Gasteiger partial charge in [-0.25, -0.2) is 9.78 Å². The molecule has 4 saturated carbocycles. The van der Waals surface area contributed by atoms with Crippen molar-refractivity contribution in [3.63, 3.8) is 0 Å². The van der Waals surface area contributed by atoms with E-state index in [0.717, 1.165) is 11.8 Å². The molecule has 0 amide bonds. The van der Waals surface area contributed by atoms with Gasteiger partial charge in [0.1, 0.15) is 5.69 Å². The van der Waals surface area contributed by atoms with E-state index in [-0.39, 0.29) is 0 Å². The minimum absolute atomic E-state index is 0.368. The van der Waals surface area contributed by atoms with Crippen LogP contribution in [-0.4, -0.2) is 20.6 Å². The van der Waals surface area contributed by atoms with E-state index in [1.807, 2.05) is 4.57 Å². The maximum absolute atomic E-state index is 11.3. The van der Waals surface area contributed by atoms with Crippen molar-refractivity contribution in [1.29, 1.82) is 0 Å². The summed E-state index contributed by atoms with van der Waals surface area (Å²) in [4.78, 5) is 15.3. The summed E-state index contributed by atoms with van der Waals surface area (Å²) in [7, 11) is 0. The van der Waals surface area contributed by atoms with Crippen LogP contribution in [-0.2, 0) is 0 Å². The van der Waals surface area contributed by atoms with E-state index in [4.69, 9.17) is 0 Å². The largest absolute Gasteiger partial charge is 0.477 e. The molecule has 4 nitrogen and oxygen atoms in total. The zero-order chi connectivity index (χ0) is 12.3. The lowest BCUT2D eigenvalue weighted by molar-refractivity contribution is -0.0301. The number of aromatic nitrogens is 2. The predicted molar refractivity (Wildman–Crippen MR) is 65.3 cm³/mol. The zero-order valence-corrected chi connectivity index (χ0v) is 10.3. The Balaban J connectivity index is 1.72. The number of nitrogens with zero attached hydrogens (tertiary/aromatic N) is 2. The van der Waals surface area contributed by atoms with Crippen molar-refractivity contribution in [3.8, 4) is 0 Å². The Bertz CT molecular complexity index is 466. The lowest BCUT2D eigenvalue weighted by Gasteiger charge is -2.54. The van der Waals surface area contributed by atoms with Gasteiger partial charge in [-0.05, 0) is 55.8 Å². The summed E-state index contributed by atoms with van der Waals surface area (Å²) in [5.74, 6) is 2.37. The van der Waals surface area contributed by atoms with Gasteiger partial charge in [-0.1, -0.05) is 0 Å². The van der Waals surface area contributed by atoms with Crippen molar-refractivity contribution in [2.75, 3.05) is 0 Å².